The average Bonchev–Trinajstić information content (AvgIpc) is 3.21. The molecule has 1 aliphatic rings. The molecule has 2 amide bonds. The summed E-state index contributed by atoms with van der Waals surface area (Å²) in [4.78, 5) is 11.6. The fraction of sp³-hybridized carbons (Fsp3) is 0.333. The molecule has 5 N–H and O–H groups in total. The Morgan fingerprint density at radius 2 is 2.21 bits per heavy atom. The van der Waals surface area contributed by atoms with Crippen molar-refractivity contribution in [2.45, 2.75) is 18.9 Å². The molecule has 0 atom stereocenters. The Kier molecular flexibility index (Phi) is 4.07. The van der Waals surface area contributed by atoms with E-state index < -0.39 is 0 Å². The summed E-state index contributed by atoms with van der Waals surface area (Å²) >= 11 is 0. The second kappa shape index (κ2) is 5.94. The molecule has 1 aromatic rings. The van der Waals surface area contributed by atoms with E-state index in [0.29, 0.717) is 11.4 Å². The second-order valence-electron chi connectivity index (χ2n) is 4.25. The van der Waals surface area contributed by atoms with Crippen LogP contribution in [0.5, 0.6) is 5.75 Å². The number of nitrogens with zero attached hydrogens (tertiary/aromatic N) is 1. The zero-order chi connectivity index (χ0) is 13.7. The summed E-state index contributed by atoms with van der Waals surface area (Å²) in [6, 6.07) is 6.98. The molecule has 0 radical (unpaired) electrons. The predicted molar refractivity (Wildman–Crippen MR) is 70.5 cm³/mol. The summed E-state index contributed by atoms with van der Waals surface area (Å²) in [5.41, 5.74) is 5.86. The van der Waals surface area contributed by atoms with Crippen LogP contribution < -0.4 is 21.1 Å². The number of hydrogen-bond donors (Lipinski definition) is 4. The number of carbonyl (C=O) groups is 1. The van der Waals surface area contributed by atoms with Gasteiger partial charge >= 0.3 is 6.03 Å². The molecule has 7 nitrogen and oxygen atoms in total. The third kappa shape index (κ3) is 4.06. The Labute approximate surface area is 110 Å². The number of nitrogens with one attached hydrogen (secondary N) is 2. The summed E-state index contributed by atoms with van der Waals surface area (Å²) in [7, 11) is 0. The van der Waals surface area contributed by atoms with Gasteiger partial charge in [-0.1, -0.05) is 17.3 Å². The summed E-state index contributed by atoms with van der Waals surface area (Å²) in [6.07, 6.45) is 2.05. The smallest absolute Gasteiger partial charge is 0.319 e. The minimum Gasteiger partial charge on any atom is -0.483 e. The molecule has 0 spiro atoms. The number of amidine groups is 1. The molecule has 0 unspecified atom stereocenters. The third-order valence-corrected chi connectivity index (χ3v) is 2.55. The number of anilines is 1. The lowest BCUT2D eigenvalue weighted by Gasteiger charge is -2.12. The topological polar surface area (TPSA) is 109 Å². The number of nitrogens with two attached hydrogens (primary N) is 1. The fourth-order valence-electron chi connectivity index (χ4n) is 1.45. The van der Waals surface area contributed by atoms with Crippen molar-refractivity contribution in [1.29, 1.82) is 0 Å². The molecule has 1 aliphatic carbocycles. The van der Waals surface area contributed by atoms with E-state index in [0.717, 1.165) is 12.8 Å². The molecule has 2 rings (SSSR count). The lowest BCUT2D eigenvalue weighted by atomic mass is 10.3. The van der Waals surface area contributed by atoms with Crippen molar-refractivity contribution in [2.24, 2.45) is 10.9 Å². The van der Waals surface area contributed by atoms with Gasteiger partial charge in [0.1, 0.15) is 12.4 Å². The molecule has 0 heterocycles. The maximum Gasteiger partial charge on any atom is 0.319 e. The second-order valence-corrected chi connectivity index (χ2v) is 4.25. The van der Waals surface area contributed by atoms with Crippen LogP contribution in [-0.4, -0.2) is 29.7 Å². The van der Waals surface area contributed by atoms with E-state index >= 15 is 0 Å². The monoisotopic (exact) mass is 264 g/mol. The first-order valence-corrected chi connectivity index (χ1v) is 5.95. The van der Waals surface area contributed by atoms with E-state index in [1.807, 2.05) is 0 Å². The van der Waals surface area contributed by atoms with E-state index in [1.165, 1.54) is 0 Å². The first-order chi connectivity index (χ1) is 9.19. The third-order valence-electron chi connectivity index (χ3n) is 2.55. The normalized spacial score (nSPS) is 14.8. The van der Waals surface area contributed by atoms with Crippen LogP contribution in [0.3, 0.4) is 0 Å². The highest BCUT2D eigenvalue weighted by Gasteiger charge is 2.23. The number of ether oxygens (including phenoxy) is 1. The van der Waals surface area contributed by atoms with Crippen LogP contribution in [0.2, 0.25) is 0 Å². The molecule has 7 heteroatoms. The van der Waals surface area contributed by atoms with Crippen molar-refractivity contribution in [2.75, 3.05) is 11.9 Å². The predicted octanol–water partition coefficient (Wildman–Crippen LogP) is 1.10. The molecular weight excluding hydrogens is 248 g/mol. The van der Waals surface area contributed by atoms with Crippen molar-refractivity contribution in [3.05, 3.63) is 24.3 Å². The maximum absolute atomic E-state index is 11.6. The Hall–Kier alpha value is -2.44. The van der Waals surface area contributed by atoms with Crippen LogP contribution in [0, 0.1) is 0 Å². The van der Waals surface area contributed by atoms with Gasteiger partial charge in [0.15, 0.2) is 5.84 Å². The molecule has 19 heavy (non-hydrogen) atoms. The van der Waals surface area contributed by atoms with Crippen molar-refractivity contribution >= 4 is 17.6 Å². The molecule has 0 aromatic heterocycles. The number of carbonyl (C=O) groups excluding carboxylic acids is 1. The van der Waals surface area contributed by atoms with Crippen molar-refractivity contribution < 1.29 is 14.7 Å². The zero-order valence-corrected chi connectivity index (χ0v) is 10.3. The standard InChI is InChI=1S/C12H16N4O3/c13-11(16-18)7-19-10-4-2-1-3-9(10)15-12(17)14-8-5-6-8/h1-4,8,18H,5-7H2,(H2,13,16)(H2,14,15,17). The average molecular weight is 264 g/mol. The van der Waals surface area contributed by atoms with E-state index in [4.69, 9.17) is 15.7 Å². The largest absolute Gasteiger partial charge is 0.483 e. The van der Waals surface area contributed by atoms with Crippen LogP contribution in [0.4, 0.5) is 10.5 Å². The molecule has 1 fully saturated rings. The van der Waals surface area contributed by atoms with Gasteiger partial charge in [-0.05, 0) is 25.0 Å². The first-order valence-electron chi connectivity index (χ1n) is 5.95. The molecular formula is C12H16N4O3. The van der Waals surface area contributed by atoms with Crippen LogP contribution in [0.25, 0.3) is 0 Å². The number of urea groups is 1. The Balaban J connectivity index is 1.96. The van der Waals surface area contributed by atoms with Crippen LogP contribution in [0.1, 0.15) is 12.8 Å². The minimum atomic E-state index is -0.262. The van der Waals surface area contributed by atoms with Gasteiger partial charge in [0.2, 0.25) is 0 Å². The Bertz CT molecular complexity index is 486. The maximum atomic E-state index is 11.6. The molecule has 0 saturated heterocycles. The summed E-state index contributed by atoms with van der Waals surface area (Å²) < 4.78 is 5.35. The minimum absolute atomic E-state index is 0.0442. The quantitative estimate of drug-likeness (QED) is 0.276. The number of rotatable bonds is 5. The van der Waals surface area contributed by atoms with Gasteiger partial charge in [-0.15, -0.1) is 0 Å². The van der Waals surface area contributed by atoms with E-state index in [2.05, 4.69) is 15.8 Å². The molecule has 1 saturated carbocycles. The Morgan fingerprint density at radius 3 is 2.89 bits per heavy atom. The fourth-order valence-corrected chi connectivity index (χ4v) is 1.45. The van der Waals surface area contributed by atoms with Gasteiger partial charge in [-0.2, -0.15) is 0 Å². The lowest BCUT2D eigenvalue weighted by Crippen LogP contribution is -2.30. The number of oxime groups is 1. The summed E-state index contributed by atoms with van der Waals surface area (Å²) in [5, 5.41) is 16.8. The highest BCUT2D eigenvalue weighted by Crippen LogP contribution is 2.24. The van der Waals surface area contributed by atoms with Crippen molar-refractivity contribution in [1.82, 2.24) is 5.32 Å². The van der Waals surface area contributed by atoms with Gasteiger partial charge in [0.25, 0.3) is 0 Å². The van der Waals surface area contributed by atoms with Crippen LogP contribution in [-0.2, 0) is 0 Å². The van der Waals surface area contributed by atoms with Crippen molar-refractivity contribution in [3.63, 3.8) is 0 Å². The summed E-state index contributed by atoms with van der Waals surface area (Å²) in [6.45, 7) is -0.0561. The van der Waals surface area contributed by atoms with Crippen LogP contribution in [0.15, 0.2) is 29.4 Å². The first kappa shape index (κ1) is 13.0. The summed E-state index contributed by atoms with van der Waals surface area (Å²) in [5.74, 6) is 0.414. The lowest BCUT2D eigenvalue weighted by molar-refractivity contribution is 0.251. The van der Waals surface area contributed by atoms with Crippen molar-refractivity contribution in [3.8, 4) is 5.75 Å². The molecule has 0 bridgehead atoms. The van der Waals surface area contributed by atoms with Gasteiger partial charge in [0.05, 0.1) is 5.69 Å². The highest BCUT2D eigenvalue weighted by molar-refractivity contribution is 5.91. The van der Waals surface area contributed by atoms with Crippen LogP contribution >= 0.6 is 0 Å². The number of hydrogen-bond acceptors (Lipinski definition) is 4. The highest BCUT2D eigenvalue weighted by atomic mass is 16.5. The van der Waals surface area contributed by atoms with Gasteiger partial charge < -0.3 is 26.3 Å². The number of para-hydroxylation sites is 2. The molecule has 0 aliphatic heterocycles. The van der Waals surface area contributed by atoms with Gasteiger partial charge in [-0.3, -0.25) is 0 Å². The number of benzene rings is 1. The van der Waals surface area contributed by atoms with E-state index in [9.17, 15) is 4.79 Å². The number of amides is 2. The molecule has 1 aromatic carbocycles. The molecule has 102 valence electrons. The van der Waals surface area contributed by atoms with Gasteiger partial charge in [0, 0.05) is 6.04 Å². The van der Waals surface area contributed by atoms with E-state index in [-0.39, 0.29) is 24.5 Å². The SMILES string of the molecule is NC(COc1ccccc1NC(=O)NC1CC1)=NO. The Morgan fingerprint density at radius 1 is 1.47 bits per heavy atom. The van der Waals surface area contributed by atoms with Gasteiger partial charge in [-0.25, -0.2) is 4.79 Å². The zero-order valence-electron chi connectivity index (χ0n) is 10.3. The van der Waals surface area contributed by atoms with E-state index in [1.54, 1.807) is 24.3 Å².